The van der Waals surface area contributed by atoms with Crippen LogP contribution in [-0.2, 0) is 6.54 Å². The SMILES string of the molecule is CC1CCCN1Cc1cc(Cl)ccn1. The van der Waals surface area contributed by atoms with Crippen LogP contribution in [0.25, 0.3) is 0 Å². The van der Waals surface area contributed by atoms with Crippen LogP contribution >= 0.6 is 11.6 Å². The van der Waals surface area contributed by atoms with Gasteiger partial charge in [-0.2, -0.15) is 0 Å². The molecule has 1 aromatic rings. The molecule has 1 unspecified atom stereocenters. The predicted molar refractivity (Wildman–Crippen MR) is 58.4 cm³/mol. The van der Waals surface area contributed by atoms with Gasteiger partial charge in [0.15, 0.2) is 0 Å². The fourth-order valence-corrected chi connectivity index (χ4v) is 2.15. The summed E-state index contributed by atoms with van der Waals surface area (Å²) < 4.78 is 0. The van der Waals surface area contributed by atoms with Gasteiger partial charge in [0.1, 0.15) is 0 Å². The zero-order chi connectivity index (χ0) is 9.97. The van der Waals surface area contributed by atoms with Crippen molar-refractivity contribution < 1.29 is 0 Å². The second kappa shape index (κ2) is 4.28. The first-order chi connectivity index (χ1) is 6.75. The zero-order valence-corrected chi connectivity index (χ0v) is 9.17. The Morgan fingerprint density at radius 2 is 2.50 bits per heavy atom. The van der Waals surface area contributed by atoms with Gasteiger partial charge < -0.3 is 0 Å². The fraction of sp³-hybridized carbons (Fsp3) is 0.545. The molecule has 2 heterocycles. The van der Waals surface area contributed by atoms with E-state index >= 15 is 0 Å². The van der Waals surface area contributed by atoms with E-state index in [4.69, 9.17) is 11.6 Å². The normalized spacial score (nSPS) is 22.9. The maximum atomic E-state index is 5.91. The topological polar surface area (TPSA) is 16.1 Å². The summed E-state index contributed by atoms with van der Waals surface area (Å²) in [6.45, 7) is 4.40. The zero-order valence-electron chi connectivity index (χ0n) is 8.41. The average molecular weight is 211 g/mol. The van der Waals surface area contributed by atoms with Crippen LogP contribution in [-0.4, -0.2) is 22.5 Å². The molecule has 1 aliphatic rings. The molecular formula is C11H15ClN2. The Kier molecular flexibility index (Phi) is 3.04. The van der Waals surface area contributed by atoms with Crippen LogP contribution in [0.5, 0.6) is 0 Å². The van der Waals surface area contributed by atoms with Crippen molar-refractivity contribution in [2.75, 3.05) is 6.54 Å². The van der Waals surface area contributed by atoms with Gasteiger partial charge in [-0.25, -0.2) is 0 Å². The Hall–Kier alpha value is -0.600. The summed E-state index contributed by atoms with van der Waals surface area (Å²) in [5.74, 6) is 0. The number of hydrogen-bond acceptors (Lipinski definition) is 2. The first kappa shape index (κ1) is 9.94. The van der Waals surface area contributed by atoms with Crippen molar-refractivity contribution in [1.82, 2.24) is 9.88 Å². The molecule has 1 fully saturated rings. The van der Waals surface area contributed by atoms with Crippen molar-refractivity contribution in [1.29, 1.82) is 0 Å². The van der Waals surface area contributed by atoms with Crippen molar-refractivity contribution in [2.45, 2.75) is 32.4 Å². The minimum absolute atomic E-state index is 0.691. The van der Waals surface area contributed by atoms with E-state index in [1.807, 2.05) is 12.1 Å². The van der Waals surface area contributed by atoms with Crippen molar-refractivity contribution in [3.05, 3.63) is 29.0 Å². The van der Waals surface area contributed by atoms with Crippen LogP contribution in [0.1, 0.15) is 25.5 Å². The molecule has 1 aromatic heterocycles. The summed E-state index contributed by atoms with van der Waals surface area (Å²) >= 11 is 5.91. The second-order valence-corrected chi connectivity index (χ2v) is 4.36. The van der Waals surface area contributed by atoms with Gasteiger partial charge in [-0.05, 0) is 38.4 Å². The van der Waals surface area contributed by atoms with Crippen molar-refractivity contribution in [3.8, 4) is 0 Å². The van der Waals surface area contributed by atoms with E-state index in [0.717, 1.165) is 17.3 Å². The van der Waals surface area contributed by atoms with Gasteiger partial charge in [0.2, 0.25) is 0 Å². The molecule has 14 heavy (non-hydrogen) atoms. The molecular weight excluding hydrogens is 196 g/mol. The van der Waals surface area contributed by atoms with Crippen LogP contribution < -0.4 is 0 Å². The third-order valence-corrected chi connectivity index (χ3v) is 3.07. The summed E-state index contributed by atoms with van der Waals surface area (Å²) in [4.78, 5) is 6.77. The molecule has 1 aliphatic heterocycles. The van der Waals surface area contributed by atoms with E-state index in [9.17, 15) is 0 Å². The minimum Gasteiger partial charge on any atom is -0.295 e. The Morgan fingerprint density at radius 1 is 1.64 bits per heavy atom. The van der Waals surface area contributed by atoms with Crippen LogP contribution in [0.2, 0.25) is 5.02 Å². The number of hydrogen-bond donors (Lipinski definition) is 0. The molecule has 1 saturated heterocycles. The Bertz CT molecular complexity index is 314. The first-order valence-corrected chi connectivity index (χ1v) is 5.48. The summed E-state index contributed by atoms with van der Waals surface area (Å²) in [6, 6.07) is 4.46. The standard InChI is InChI=1S/C11H15ClN2/c1-9-3-2-6-14(9)8-11-7-10(12)4-5-13-11/h4-5,7,9H,2-3,6,8H2,1H3. The predicted octanol–water partition coefficient (Wildman–Crippen LogP) is 2.72. The lowest BCUT2D eigenvalue weighted by Gasteiger charge is -2.20. The highest BCUT2D eigenvalue weighted by Gasteiger charge is 2.20. The quantitative estimate of drug-likeness (QED) is 0.746. The number of halogens is 1. The molecule has 2 rings (SSSR count). The van der Waals surface area contributed by atoms with E-state index in [1.54, 1.807) is 6.20 Å². The van der Waals surface area contributed by atoms with Gasteiger partial charge in [0.05, 0.1) is 5.69 Å². The second-order valence-electron chi connectivity index (χ2n) is 3.93. The third-order valence-electron chi connectivity index (χ3n) is 2.83. The average Bonchev–Trinajstić information content (AvgIpc) is 2.52. The minimum atomic E-state index is 0.691. The van der Waals surface area contributed by atoms with Gasteiger partial charge >= 0.3 is 0 Å². The monoisotopic (exact) mass is 210 g/mol. The molecule has 2 nitrogen and oxygen atoms in total. The lowest BCUT2D eigenvalue weighted by atomic mass is 10.2. The molecule has 76 valence electrons. The molecule has 0 saturated carbocycles. The van der Waals surface area contributed by atoms with Gasteiger partial charge in [-0.3, -0.25) is 9.88 Å². The summed E-state index contributed by atoms with van der Waals surface area (Å²) in [6.07, 6.45) is 4.39. The molecule has 0 aliphatic carbocycles. The number of rotatable bonds is 2. The Morgan fingerprint density at radius 3 is 3.14 bits per heavy atom. The van der Waals surface area contributed by atoms with Crippen LogP contribution in [0.3, 0.4) is 0 Å². The number of aromatic nitrogens is 1. The fourth-order valence-electron chi connectivity index (χ4n) is 1.97. The van der Waals surface area contributed by atoms with Crippen molar-refractivity contribution in [3.63, 3.8) is 0 Å². The molecule has 0 spiro atoms. The summed E-state index contributed by atoms with van der Waals surface area (Å²) in [5, 5.41) is 0.779. The van der Waals surface area contributed by atoms with Gasteiger partial charge in [0, 0.05) is 23.8 Å². The Labute approximate surface area is 89.9 Å². The molecule has 0 N–H and O–H groups in total. The highest BCUT2D eigenvalue weighted by atomic mass is 35.5. The number of pyridine rings is 1. The smallest absolute Gasteiger partial charge is 0.0558 e. The lowest BCUT2D eigenvalue weighted by molar-refractivity contribution is 0.257. The number of likely N-dealkylation sites (tertiary alicyclic amines) is 1. The van der Waals surface area contributed by atoms with Gasteiger partial charge in [0.25, 0.3) is 0 Å². The molecule has 3 heteroatoms. The lowest BCUT2D eigenvalue weighted by Crippen LogP contribution is -2.26. The third kappa shape index (κ3) is 2.25. The van der Waals surface area contributed by atoms with E-state index < -0.39 is 0 Å². The Balaban J connectivity index is 2.03. The maximum Gasteiger partial charge on any atom is 0.0558 e. The molecule has 0 radical (unpaired) electrons. The van der Waals surface area contributed by atoms with Gasteiger partial charge in [-0.1, -0.05) is 11.6 Å². The van der Waals surface area contributed by atoms with Crippen LogP contribution in [0.15, 0.2) is 18.3 Å². The van der Waals surface area contributed by atoms with Gasteiger partial charge in [-0.15, -0.1) is 0 Å². The van der Waals surface area contributed by atoms with Crippen molar-refractivity contribution in [2.24, 2.45) is 0 Å². The molecule has 0 bridgehead atoms. The highest BCUT2D eigenvalue weighted by molar-refractivity contribution is 6.30. The summed E-state index contributed by atoms with van der Waals surface area (Å²) in [7, 11) is 0. The molecule has 0 aromatic carbocycles. The van der Waals surface area contributed by atoms with Crippen molar-refractivity contribution >= 4 is 11.6 Å². The van der Waals surface area contributed by atoms with Crippen LogP contribution in [0.4, 0.5) is 0 Å². The maximum absolute atomic E-state index is 5.91. The molecule has 0 amide bonds. The van der Waals surface area contributed by atoms with E-state index in [2.05, 4.69) is 16.8 Å². The number of nitrogens with zero attached hydrogens (tertiary/aromatic N) is 2. The largest absolute Gasteiger partial charge is 0.295 e. The molecule has 1 atom stereocenters. The summed E-state index contributed by atoms with van der Waals surface area (Å²) in [5.41, 5.74) is 1.08. The van der Waals surface area contributed by atoms with E-state index in [-0.39, 0.29) is 0 Å². The first-order valence-electron chi connectivity index (χ1n) is 5.10. The van der Waals surface area contributed by atoms with Crippen LogP contribution in [0, 0.1) is 0 Å². The van der Waals surface area contributed by atoms with E-state index in [0.29, 0.717) is 6.04 Å². The highest BCUT2D eigenvalue weighted by Crippen LogP contribution is 2.19. The van der Waals surface area contributed by atoms with E-state index in [1.165, 1.54) is 19.4 Å².